The van der Waals surface area contributed by atoms with Gasteiger partial charge in [-0.15, -0.1) is 0 Å². The molecule has 6 heteroatoms. The minimum atomic E-state index is 0.0174. The second kappa shape index (κ2) is 7.79. The van der Waals surface area contributed by atoms with Gasteiger partial charge in [0.15, 0.2) is 0 Å². The van der Waals surface area contributed by atoms with E-state index in [2.05, 4.69) is 52.5 Å². The minimum Gasteiger partial charge on any atom is -0.378 e. The van der Waals surface area contributed by atoms with Crippen molar-refractivity contribution in [3.8, 4) is 0 Å². The number of hydrogen-bond acceptors (Lipinski definition) is 4. The fraction of sp³-hybridized carbons (Fsp3) is 0.500. The van der Waals surface area contributed by atoms with Gasteiger partial charge in [-0.1, -0.05) is 6.07 Å². The lowest BCUT2D eigenvalue weighted by Crippen LogP contribution is -2.43. The maximum Gasteiger partial charge on any atom is 0.226 e. The highest BCUT2D eigenvalue weighted by atomic mass is 16.5. The van der Waals surface area contributed by atoms with E-state index in [-0.39, 0.29) is 11.9 Å². The van der Waals surface area contributed by atoms with E-state index in [0.717, 1.165) is 37.4 Å². The molecule has 0 bridgehead atoms. The standard InChI is InChI=1S/C18H26N4O2/c1-21(2)8-9-22-7-5-14-3-4-15(11-17(14)22)20-18(23)12-16-13-24-10-6-19-16/h3-5,7,11,16,19H,6,8-10,12-13H2,1-2H3,(H,20,23). The van der Waals surface area contributed by atoms with E-state index in [0.29, 0.717) is 13.0 Å². The number of benzene rings is 1. The number of carbonyl (C=O) groups excluding carboxylic acids is 1. The van der Waals surface area contributed by atoms with E-state index >= 15 is 0 Å². The van der Waals surface area contributed by atoms with Gasteiger partial charge in [-0.2, -0.15) is 0 Å². The zero-order valence-electron chi connectivity index (χ0n) is 14.4. The first kappa shape index (κ1) is 17.0. The number of likely N-dealkylation sites (N-methyl/N-ethyl adjacent to an activating group) is 1. The molecular formula is C18H26N4O2. The molecule has 1 aliphatic rings. The first-order valence-corrected chi connectivity index (χ1v) is 8.46. The summed E-state index contributed by atoms with van der Waals surface area (Å²) in [5.41, 5.74) is 1.99. The number of nitrogens with zero attached hydrogens (tertiary/aromatic N) is 2. The van der Waals surface area contributed by atoms with E-state index in [9.17, 15) is 4.79 Å². The van der Waals surface area contributed by atoms with Crippen molar-refractivity contribution in [3.05, 3.63) is 30.5 Å². The number of rotatable bonds is 6. The molecule has 2 N–H and O–H groups in total. The fourth-order valence-corrected chi connectivity index (χ4v) is 2.95. The Bertz CT molecular complexity index is 689. The molecule has 1 fully saturated rings. The zero-order chi connectivity index (χ0) is 16.9. The van der Waals surface area contributed by atoms with Gasteiger partial charge in [0.1, 0.15) is 0 Å². The van der Waals surface area contributed by atoms with Crippen molar-refractivity contribution >= 4 is 22.5 Å². The van der Waals surface area contributed by atoms with Crippen LogP contribution in [0, 0.1) is 0 Å². The number of hydrogen-bond donors (Lipinski definition) is 2. The number of carbonyl (C=O) groups is 1. The highest BCUT2D eigenvalue weighted by Crippen LogP contribution is 2.21. The molecule has 3 rings (SSSR count). The van der Waals surface area contributed by atoms with Gasteiger partial charge in [0.2, 0.25) is 5.91 Å². The lowest BCUT2D eigenvalue weighted by Gasteiger charge is -2.23. The second-order valence-electron chi connectivity index (χ2n) is 6.56. The van der Waals surface area contributed by atoms with Crippen LogP contribution in [-0.4, -0.2) is 61.8 Å². The van der Waals surface area contributed by atoms with E-state index in [1.807, 2.05) is 12.1 Å². The van der Waals surface area contributed by atoms with Crippen LogP contribution in [0.15, 0.2) is 30.5 Å². The zero-order valence-corrected chi connectivity index (χ0v) is 14.4. The van der Waals surface area contributed by atoms with Crippen molar-refractivity contribution in [2.45, 2.75) is 19.0 Å². The van der Waals surface area contributed by atoms with Gasteiger partial charge in [-0.3, -0.25) is 4.79 Å². The van der Waals surface area contributed by atoms with Crippen molar-refractivity contribution in [1.82, 2.24) is 14.8 Å². The van der Waals surface area contributed by atoms with Crippen LogP contribution in [0.1, 0.15) is 6.42 Å². The molecule has 2 aromatic rings. The largest absolute Gasteiger partial charge is 0.378 e. The van der Waals surface area contributed by atoms with Crippen LogP contribution in [0.4, 0.5) is 5.69 Å². The summed E-state index contributed by atoms with van der Waals surface area (Å²) in [6.07, 6.45) is 2.53. The summed E-state index contributed by atoms with van der Waals surface area (Å²) in [6, 6.07) is 8.28. The summed E-state index contributed by atoms with van der Waals surface area (Å²) >= 11 is 0. The fourth-order valence-electron chi connectivity index (χ4n) is 2.95. The molecule has 1 unspecified atom stereocenters. The first-order valence-electron chi connectivity index (χ1n) is 8.46. The Labute approximate surface area is 142 Å². The molecule has 1 aliphatic heterocycles. The smallest absolute Gasteiger partial charge is 0.226 e. The summed E-state index contributed by atoms with van der Waals surface area (Å²) in [6.45, 7) is 4.03. The molecule has 1 aromatic heterocycles. The molecule has 0 aliphatic carbocycles. The summed E-state index contributed by atoms with van der Waals surface area (Å²) < 4.78 is 7.62. The van der Waals surface area contributed by atoms with Crippen molar-refractivity contribution < 1.29 is 9.53 Å². The van der Waals surface area contributed by atoms with E-state index in [4.69, 9.17) is 4.74 Å². The lowest BCUT2D eigenvalue weighted by atomic mass is 10.2. The van der Waals surface area contributed by atoms with Crippen LogP contribution in [-0.2, 0) is 16.1 Å². The van der Waals surface area contributed by atoms with Crippen LogP contribution in [0.3, 0.4) is 0 Å². The van der Waals surface area contributed by atoms with Gasteiger partial charge in [0.25, 0.3) is 0 Å². The van der Waals surface area contributed by atoms with Crippen molar-refractivity contribution in [2.75, 3.05) is 45.7 Å². The molecule has 6 nitrogen and oxygen atoms in total. The third kappa shape index (κ3) is 4.35. The highest BCUT2D eigenvalue weighted by Gasteiger charge is 2.17. The summed E-state index contributed by atoms with van der Waals surface area (Å²) in [5, 5.41) is 7.50. The molecule has 0 radical (unpaired) electrons. The van der Waals surface area contributed by atoms with Crippen molar-refractivity contribution in [2.24, 2.45) is 0 Å². The van der Waals surface area contributed by atoms with Gasteiger partial charge in [-0.05, 0) is 37.7 Å². The SMILES string of the molecule is CN(C)CCn1ccc2ccc(NC(=O)CC3COCCN3)cc21. The van der Waals surface area contributed by atoms with Crippen LogP contribution >= 0.6 is 0 Å². The Morgan fingerprint density at radius 1 is 1.42 bits per heavy atom. The maximum absolute atomic E-state index is 12.2. The lowest BCUT2D eigenvalue weighted by molar-refractivity contribution is -0.117. The Morgan fingerprint density at radius 2 is 2.29 bits per heavy atom. The highest BCUT2D eigenvalue weighted by molar-refractivity contribution is 5.94. The molecule has 1 atom stereocenters. The van der Waals surface area contributed by atoms with E-state index < -0.39 is 0 Å². The first-order chi connectivity index (χ1) is 11.6. The minimum absolute atomic E-state index is 0.0174. The molecule has 1 saturated heterocycles. The third-order valence-electron chi connectivity index (χ3n) is 4.28. The van der Waals surface area contributed by atoms with Gasteiger partial charge < -0.3 is 24.8 Å². The van der Waals surface area contributed by atoms with Crippen LogP contribution in [0.25, 0.3) is 10.9 Å². The molecule has 0 saturated carbocycles. The summed E-state index contributed by atoms with van der Waals surface area (Å²) in [4.78, 5) is 14.4. The third-order valence-corrected chi connectivity index (χ3v) is 4.28. The monoisotopic (exact) mass is 330 g/mol. The van der Waals surface area contributed by atoms with Gasteiger partial charge >= 0.3 is 0 Å². The van der Waals surface area contributed by atoms with E-state index in [1.165, 1.54) is 5.39 Å². The summed E-state index contributed by atoms with van der Waals surface area (Å²) in [5.74, 6) is 0.0174. The number of ether oxygens (including phenoxy) is 1. The van der Waals surface area contributed by atoms with Gasteiger partial charge in [0, 0.05) is 44.0 Å². The average Bonchev–Trinajstić information content (AvgIpc) is 2.96. The van der Waals surface area contributed by atoms with Gasteiger partial charge in [-0.25, -0.2) is 0 Å². The average molecular weight is 330 g/mol. The van der Waals surface area contributed by atoms with Crippen LogP contribution in [0.5, 0.6) is 0 Å². The van der Waals surface area contributed by atoms with Crippen molar-refractivity contribution in [1.29, 1.82) is 0 Å². The predicted molar refractivity (Wildman–Crippen MR) is 96.3 cm³/mol. The Morgan fingerprint density at radius 3 is 3.04 bits per heavy atom. The topological polar surface area (TPSA) is 58.5 Å². The number of fused-ring (bicyclic) bond motifs is 1. The van der Waals surface area contributed by atoms with Crippen LogP contribution in [0.2, 0.25) is 0 Å². The van der Waals surface area contributed by atoms with Crippen molar-refractivity contribution in [3.63, 3.8) is 0 Å². The molecular weight excluding hydrogens is 304 g/mol. The number of anilines is 1. The molecule has 1 aromatic carbocycles. The normalized spacial score (nSPS) is 18.2. The Balaban J connectivity index is 1.65. The van der Waals surface area contributed by atoms with Gasteiger partial charge in [0.05, 0.1) is 18.7 Å². The van der Waals surface area contributed by atoms with E-state index in [1.54, 1.807) is 0 Å². The number of morpholine rings is 1. The molecule has 130 valence electrons. The Hall–Kier alpha value is -1.89. The maximum atomic E-state index is 12.2. The second-order valence-corrected chi connectivity index (χ2v) is 6.56. The predicted octanol–water partition coefficient (Wildman–Crippen LogP) is 1.52. The summed E-state index contributed by atoms with van der Waals surface area (Å²) in [7, 11) is 4.14. The molecule has 1 amide bonds. The molecule has 0 spiro atoms. The van der Waals surface area contributed by atoms with Crippen LogP contribution < -0.4 is 10.6 Å². The number of aromatic nitrogens is 1. The molecule has 2 heterocycles. The number of nitrogens with one attached hydrogen (secondary N) is 2. The molecule has 24 heavy (non-hydrogen) atoms. The Kier molecular flexibility index (Phi) is 5.50. The quantitative estimate of drug-likeness (QED) is 0.843. The number of amides is 1.